The van der Waals surface area contributed by atoms with E-state index in [0.717, 1.165) is 11.1 Å². The van der Waals surface area contributed by atoms with Crippen molar-refractivity contribution in [3.05, 3.63) is 35.4 Å². The molecule has 0 aliphatic carbocycles. The summed E-state index contributed by atoms with van der Waals surface area (Å²) in [6, 6.07) is 7.80. The molecule has 1 aromatic rings. The van der Waals surface area contributed by atoms with Gasteiger partial charge in [-0.15, -0.1) is 0 Å². The second-order valence-electron chi connectivity index (χ2n) is 2.71. The number of carboxylic acid groups (broad SMARTS) is 1. The number of hydrogen-bond donors (Lipinski definition) is 1. The summed E-state index contributed by atoms with van der Waals surface area (Å²) in [6.07, 6.45) is 0.499. The molecule has 0 radical (unpaired) electrons. The van der Waals surface area contributed by atoms with Crippen LogP contribution in [0.3, 0.4) is 0 Å². The molecule has 2 nitrogen and oxygen atoms in total. The molecular formula is C11H10O2. The van der Waals surface area contributed by atoms with Gasteiger partial charge in [0.05, 0.1) is 0 Å². The Kier molecular flexibility index (Phi) is 3.10. The molecule has 0 atom stereocenters. The molecular weight excluding hydrogens is 164 g/mol. The summed E-state index contributed by atoms with van der Waals surface area (Å²) in [5.41, 5.74) is 2.22. The van der Waals surface area contributed by atoms with Gasteiger partial charge in [-0.05, 0) is 18.1 Å². The third-order valence-electron chi connectivity index (χ3n) is 1.74. The van der Waals surface area contributed by atoms with Crippen molar-refractivity contribution in [3.8, 4) is 11.8 Å². The first-order chi connectivity index (χ1) is 6.20. The first-order valence-corrected chi connectivity index (χ1v) is 3.96. The quantitative estimate of drug-likeness (QED) is 0.657. The second kappa shape index (κ2) is 4.32. The Labute approximate surface area is 77.2 Å². The van der Waals surface area contributed by atoms with Crippen molar-refractivity contribution in [2.75, 3.05) is 0 Å². The Balaban J connectivity index is 2.72. The van der Waals surface area contributed by atoms with Crippen LogP contribution >= 0.6 is 0 Å². The van der Waals surface area contributed by atoms with Crippen molar-refractivity contribution in [2.24, 2.45) is 0 Å². The average molecular weight is 174 g/mol. The van der Waals surface area contributed by atoms with E-state index in [1.54, 1.807) is 0 Å². The van der Waals surface area contributed by atoms with E-state index in [1.807, 2.05) is 31.2 Å². The third-order valence-corrected chi connectivity index (χ3v) is 1.74. The third kappa shape index (κ3) is 3.00. The normalized spacial score (nSPS) is 8.69. The fraction of sp³-hybridized carbons (Fsp3) is 0.182. The number of carbonyl (C=O) groups is 1. The van der Waals surface area contributed by atoms with Gasteiger partial charge in [0, 0.05) is 12.3 Å². The fourth-order valence-electron chi connectivity index (χ4n) is 1.02. The highest BCUT2D eigenvalue weighted by molar-refractivity contribution is 5.86. The number of carboxylic acids is 1. The van der Waals surface area contributed by atoms with E-state index >= 15 is 0 Å². The Morgan fingerprint density at radius 2 is 2.15 bits per heavy atom. The van der Waals surface area contributed by atoms with Crippen molar-refractivity contribution < 1.29 is 9.90 Å². The molecule has 1 aromatic carbocycles. The van der Waals surface area contributed by atoms with Gasteiger partial charge in [-0.3, -0.25) is 0 Å². The van der Waals surface area contributed by atoms with Crippen molar-refractivity contribution in [3.63, 3.8) is 0 Å². The first kappa shape index (κ1) is 9.34. The molecule has 13 heavy (non-hydrogen) atoms. The Bertz CT molecular complexity index is 369. The Morgan fingerprint density at radius 3 is 2.77 bits per heavy atom. The number of aliphatic carboxylic acids is 1. The average Bonchev–Trinajstić information content (AvgIpc) is 2.08. The van der Waals surface area contributed by atoms with Crippen molar-refractivity contribution >= 4 is 5.97 Å². The lowest BCUT2D eigenvalue weighted by atomic mass is 10.1. The maximum Gasteiger partial charge on any atom is 0.381 e. The van der Waals surface area contributed by atoms with Gasteiger partial charge in [-0.1, -0.05) is 30.2 Å². The van der Waals surface area contributed by atoms with E-state index in [1.165, 1.54) is 0 Å². The van der Waals surface area contributed by atoms with Crippen LogP contribution in [0.2, 0.25) is 0 Å². The molecule has 0 bridgehead atoms. The van der Waals surface area contributed by atoms with Crippen LogP contribution in [0.1, 0.15) is 11.1 Å². The van der Waals surface area contributed by atoms with Crippen molar-refractivity contribution in [1.29, 1.82) is 0 Å². The molecule has 1 N–H and O–H groups in total. The minimum absolute atomic E-state index is 0.499. The highest BCUT2D eigenvalue weighted by atomic mass is 16.4. The van der Waals surface area contributed by atoms with E-state index in [-0.39, 0.29) is 0 Å². The smallest absolute Gasteiger partial charge is 0.381 e. The first-order valence-electron chi connectivity index (χ1n) is 3.96. The minimum atomic E-state index is -1.08. The van der Waals surface area contributed by atoms with Gasteiger partial charge in [0.2, 0.25) is 0 Å². The molecule has 0 fully saturated rings. The number of aryl methyl sites for hydroxylation is 1. The number of hydrogen-bond acceptors (Lipinski definition) is 1. The molecule has 0 spiro atoms. The van der Waals surface area contributed by atoms with Gasteiger partial charge in [-0.25, -0.2) is 4.79 Å². The molecule has 0 amide bonds. The lowest BCUT2D eigenvalue weighted by Gasteiger charge is -1.98. The van der Waals surface area contributed by atoms with Gasteiger partial charge in [-0.2, -0.15) is 0 Å². The topological polar surface area (TPSA) is 37.3 Å². The molecule has 0 aromatic heterocycles. The van der Waals surface area contributed by atoms with Crippen LogP contribution in [0.4, 0.5) is 0 Å². The SMILES string of the molecule is Cc1ccccc1CC#CC(=O)O. The molecule has 0 unspecified atom stereocenters. The molecule has 0 saturated heterocycles. The van der Waals surface area contributed by atoms with Gasteiger partial charge >= 0.3 is 5.97 Å². The molecule has 1 rings (SSSR count). The monoisotopic (exact) mass is 174 g/mol. The van der Waals surface area contributed by atoms with Crippen LogP contribution < -0.4 is 0 Å². The maximum absolute atomic E-state index is 10.1. The van der Waals surface area contributed by atoms with Crippen LogP contribution in [-0.4, -0.2) is 11.1 Å². The molecule has 0 aliphatic heterocycles. The summed E-state index contributed by atoms with van der Waals surface area (Å²) >= 11 is 0. The zero-order valence-electron chi connectivity index (χ0n) is 7.37. The van der Waals surface area contributed by atoms with Crippen LogP contribution in [0.15, 0.2) is 24.3 Å². The number of rotatable bonds is 1. The van der Waals surface area contributed by atoms with Crippen molar-refractivity contribution in [2.45, 2.75) is 13.3 Å². The molecule has 0 heterocycles. The molecule has 0 aliphatic rings. The number of benzene rings is 1. The zero-order valence-corrected chi connectivity index (χ0v) is 7.37. The Morgan fingerprint density at radius 1 is 1.46 bits per heavy atom. The second-order valence-corrected chi connectivity index (χ2v) is 2.71. The molecule has 0 saturated carbocycles. The van der Waals surface area contributed by atoms with Crippen molar-refractivity contribution in [1.82, 2.24) is 0 Å². The summed E-state index contributed by atoms with van der Waals surface area (Å²) in [5.74, 6) is 3.60. The van der Waals surface area contributed by atoms with Gasteiger partial charge in [0.25, 0.3) is 0 Å². The summed E-state index contributed by atoms with van der Waals surface area (Å²) in [4.78, 5) is 10.1. The summed E-state index contributed by atoms with van der Waals surface area (Å²) in [5, 5.41) is 8.29. The van der Waals surface area contributed by atoms with Gasteiger partial charge in [0.1, 0.15) is 0 Å². The highest BCUT2D eigenvalue weighted by Gasteiger charge is 1.93. The van der Waals surface area contributed by atoms with E-state index in [2.05, 4.69) is 11.8 Å². The van der Waals surface area contributed by atoms with Gasteiger partial charge in [0.15, 0.2) is 0 Å². The highest BCUT2D eigenvalue weighted by Crippen LogP contribution is 2.06. The van der Waals surface area contributed by atoms with E-state index in [4.69, 9.17) is 5.11 Å². The van der Waals surface area contributed by atoms with E-state index < -0.39 is 5.97 Å². The lowest BCUT2D eigenvalue weighted by Crippen LogP contribution is -1.89. The Hall–Kier alpha value is -1.75. The van der Waals surface area contributed by atoms with Crippen LogP contribution in [0.5, 0.6) is 0 Å². The van der Waals surface area contributed by atoms with E-state index in [9.17, 15) is 4.79 Å². The van der Waals surface area contributed by atoms with E-state index in [0.29, 0.717) is 6.42 Å². The standard InChI is InChI=1S/C11H10O2/c1-9-5-2-3-6-10(9)7-4-8-11(12)13/h2-3,5-6H,7H2,1H3,(H,12,13). The lowest BCUT2D eigenvalue weighted by molar-refractivity contribution is -0.130. The summed E-state index contributed by atoms with van der Waals surface area (Å²) in [6.45, 7) is 1.98. The summed E-state index contributed by atoms with van der Waals surface area (Å²) in [7, 11) is 0. The van der Waals surface area contributed by atoms with Gasteiger partial charge < -0.3 is 5.11 Å². The predicted molar refractivity (Wildman–Crippen MR) is 50.3 cm³/mol. The summed E-state index contributed by atoms with van der Waals surface area (Å²) < 4.78 is 0. The zero-order chi connectivity index (χ0) is 9.68. The minimum Gasteiger partial charge on any atom is -0.472 e. The predicted octanol–water partition coefficient (Wildman–Crippen LogP) is 1.63. The molecule has 2 heteroatoms. The maximum atomic E-state index is 10.1. The van der Waals surface area contributed by atoms with Crippen LogP contribution in [0, 0.1) is 18.8 Å². The van der Waals surface area contributed by atoms with Crippen LogP contribution in [-0.2, 0) is 11.2 Å². The molecule has 66 valence electrons. The fourth-order valence-corrected chi connectivity index (χ4v) is 1.02. The largest absolute Gasteiger partial charge is 0.472 e. The van der Waals surface area contributed by atoms with Crippen LogP contribution in [0.25, 0.3) is 0 Å².